The molecule has 2 fully saturated rings. The minimum atomic E-state index is 0.319. The van der Waals surface area contributed by atoms with Gasteiger partial charge in [0.15, 0.2) is 0 Å². The van der Waals surface area contributed by atoms with Crippen LogP contribution in [0.2, 0.25) is 0 Å². The third-order valence-corrected chi connectivity index (χ3v) is 3.97. The van der Waals surface area contributed by atoms with Crippen LogP contribution in [0.3, 0.4) is 0 Å². The summed E-state index contributed by atoms with van der Waals surface area (Å²) >= 11 is 0. The number of hydrogen-bond donors (Lipinski definition) is 2. The summed E-state index contributed by atoms with van der Waals surface area (Å²) in [6.45, 7) is 6.13. The Balaban J connectivity index is 1.71. The molecule has 0 aromatic heterocycles. The Labute approximate surface area is 98.4 Å². The van der Waals surface area contributed by atoms with Gasteiger partial charge in [0.1, 0.15) is 0 Å². The van der Waals surface area contributed by atoms with E-state index in [1.807, 2.05) is 0 Å². The van der Waals surface area contributed by atoms with Crippen LogP contribution in [0.25, 0.3) is 0 Å². The van der Waals surface area contributed by atoms with Crippen molar-refractivity contribution in [3.8, 4) is 0 Å². The van der Waals surface area contributed by atoms with Crippen molar-refractivity contribution < 1.29 is 5.11 Å². The largest absolute Gasteiger partial charge is 0.396 e. The molecule has 2 aliphatic heterocycles. The van der Waals surface area contributed by atoms with Crippen molar-refractivity contribution in [2.75, 3.05) is 39.3 Å². The van der Waals surface area contributed by atoms with E-state index in [0.717, 1.165) is 31.8 Å². The van der Waals surface area contributed by atoms with E-state index < -0.39 is 0 Å². The second kappa shape index (κ2) is 5.96. The number of rotatable bonds is 4. The van der Waals surface area contributed by atoms with Gasteiger partial charge >= 0.3 is 0 Å². The van der Waals surface area contributed by atoms with Gasteiger partial charge in [-0.3, -0.25) is 4.90 Å². The van der Waals surface area contributed by atoms with Gasteiger partial charge in [-0.05, 0) is 45.3 Å². The molecule has 0 radical (unpaired) electrons. The van der Waals surface area contributed by atoms with Gasteiger partial charge < -0.3 is 15.7 Å². The normalized spacial score (nSPS) is 30.0. The summed E-state index contributed by atoms with van der Waals surface area (Å²) in [6.07, 6.45) is 4.53. The third kappa shape index (κ3) is 3.17. The standard InChI is InChI=1S/C12H25N3O/c13-11-2-7-15(8-3-11)12-4-6-14(10-12)5-1-9-16/h11-12,16H,1-10,13H2. The maximum atomic E-state index is 8.82. The highest BCUT2D eigenvalue weighted by atomic mass is 16.3. The van der Waals surface area contributed by atoms with E-state index in [1.54, 1.807) is 0 Å². The fraction of sp³-hybridized carbons (Fsp3) is 1.00. The molecule has 0 aromatic carbocycles. The van der Waals surface area contributed by atoms with Crippen molar-refractivity contribution in [3.05, 3.63) is 0 Å². The Morgan fingerprint density at radius 3 is 2.56 bits per heavy atom. The molecule has 1 unspecified atom stereocenters. The van der Waals surface area contributed by atoms with Gasteiger partial charge in [-0.25, -0.2) is 0 Å². The van der Waals surface area contributed by atoms with Crippen molar-refractivity contribution in [2.24, 2.45) is 5.73 Å². The number of aliphatic hydroxyl groups is 1. The van der Waals surface area contributed by atoms with Crippen LogP contribution in [0.1, 0.15) is 25.7 Å². The van der Waals surface area contributed by atoms with Crippen LogP contribution >= 0.6 is 0 Å². The summed E-state index contributed by atoms with van der Waals surface area (Å²) < 4.78 is 0. The first-order valence-electron chi connectivity index (χ1n) is 6.62. The highest BCUT2D eigenvalue weighted by Crippen LogP contribution is 2.19. The minimum absolute atomic E-state index is 0.319. The Bertz CT molecular complexity index is 204. The smallest absolute Gasteiger partial charge is 0.0443 e. The SMILES string of the molecule is NC1CCN(C2CCN(CCCO)C2)CC1. The molecule has 2 saturated heterocycles. The molecule has 0 spiro atoms. The lowest BCUT2D eigenvalue weighted by Gasteiger charge is -2.34. The third-order valence-electron chi connectivity index (χ3n) is 3.97. The first kappa shape index (κ1) is 12.3. The molecule has 4 nitrogen and oxygen atoms in total. The van der Waals surface area contributed by atoms with Crippen molar-refractivity contribution >= 4 is 0 Å². The highest BCUT2D eigenvalue weighted by Gasteiger charge is 2.29. The van der Waals surface area contributed by atoms with Gasteiger partial charge in [0, 0.05) is 31.8 Å². The first-order chi connectivity index (χ1) is 7.79. The van der Waals surface area contributed by atoms with E-state index in [9.17, 15) is 0 Å². The zero-order chi connectivity index (χ0) is 11.4. The molecule has 4 heteroatoms. The summed E-state index contributed by atoms with van der Waals surface area (Å²) in [7, 11) is 0. The number of aliphatic hydroxyl groups excluding tert-OH is 1. The number of hydrogen-bond acceptors (Lipinski definition) is 4. The van der Waals surface area contributed by atoms with Crippen molar-refractivity contribution in [1.82, 2.24) is 9.80 Å². The molecule has 3 N–H and O–H groups in total. The predicted octanol–water partition coefficient (Wildman–Crippen LogP) is -0.134. The van der Waals surface area contributed by atoms with Gasteiger partial charge in [-0.1, -0.05) is 0 Å². The summed E-state index contributed by atoms with van der Waals surface area (Å²) in [5.41, 5.74) is 5.92. The quantitative estimate of drug-likeness (QED) is 0.702. The van der Waals surface area contributed by atoms with Gasteiger partial charge in [-0.15, -0.1) is 0 Å². The fourth-order valence-corrected chi connectivity index (χ4v) is 2.89. The predicted molar refractivity (Wildman–Crippen MR) is 65.3 cm³/mol. The Morgan fingerprint density at radius 2 is 1.88 bits per heavy atom. The van der Waals surface area contributed by atoms with Crippen molar-refractivity contribution in [2.45, 2.75) is 37.8 Å². The second-order valence-corrected chi connectivity index (χ2v) is 5.19. The minimum Gasteiger partial charge on any atom is -0.396 e. The number of nitrogens with zero attached hydrogens (tertiary/aromatic N) is 2. The van der Waals surface area contributed by atoms with Crippen LogP contribution in [-0.2, 0) is 0 Å². The van der Waals surface area contributed by atoms with Crippen molar-refractivity contribution in [1.29, 1.82) is 0 Å². The number of likely N-dealkylation sites (tertiary alicyclic amines) is 2. The molecule has 2 heterocycles. The molecule has 0 aromatic rings. The maximum Gasteiger partial charge on any atom is 0.0443 e. The zero-order valence-corrected chi connectivity index (χ0v) is 10.1. The van der Waals surface area contributed by atoms with Crippen molar-refractivity contribution in [3.63, 3.8) is 0 Å². The lowest BCUT2D eigenvalue weighted by atomic mass is 10.0. The topological polar surface area (TPSA) is 52.7 Å². The molecule has 2 rings (SSSR count). The molecule has 2 aliphatic rings. The van der Waals surface area contributed by atoms with Crippen LogP contribution in [0.5, 0.6) is 0 Å². The summed E-state index contributed by atoms with van der Waals surface area (Å²) in [5.74, 6) is 0. The van der Waals surface area contributed by atoms with Crippen LogP contribution in [0, 0.1) is 0 Å². The van der Waals surface area contributed by atoms with Gasteiger partial charge in [-0.2, -0.15) is 0 Å². The molecular weight excluding hydrogens is 202 g/mol. The fourth-order valence-electron chi connectivity index (χ4n) is 2.89. The van der Waals surface area contributed by atoms with Gasteiger partial charge in [0.2, 0.25) is 0 Å². The Kier molecular flexibility index (Phi) is 4.58. The number of piperidine rings is 1. The second-order valence-electron chi connectivity index (χ2n) is 5.19. The monoisotopic (exact) mass is 227 g/mol. The average Bonchev–Trinajstić information content (AvgIpc) is 2.76. The lowest BCUT2D eigenvalue weighted by molar-refractivity contribution is 0.150. The van der Waals surface area contributed by atoms with E-state index >= 15 is 0 Å². The van der Waals surface area contributed by atoms with Crippen LogP contribution in [-0.4, -0.2) is 66.3 Å². The molecule has 0 bridgehead atoms. The zero-order valence-electron chi connectivity index (χ0n) is 10.1. The van der Waals surface area contributed by atoms with E-state index in [4.69, 9.17) is 10.8 Å². The summed E-state index contributed by atoms with van der Waals surface area (Å²) in [4.78, 5) is 5.09. The maximum absolute atomic E-state index is 8.82. The molecule has 0 saturated carbocycles. The number of nitrogens with two attached hydrogens (primary N) is 1. The summed E-state index contributed by atoms with van der Waals surface area (Å²) in [6, 6.07) is 1.18. The average molecular weight is 227 g/mol. The Morgan fingerprint density at radius 1 is 1.12 bits per heavy atom. The highest BCUT2D eigenvalue weighted by molar-refractivity contribution is 4.86. The van der Waals surface area contributed by atoms with E-state index in [-0.39, 0.29) is 0 Å². The van der Waals surface area contributed by atoms with E-state index in [2.05, 4.69) is 9.80 Å². The summed E-state index contributed by atoms with van der Waals surface area (Å²) in [5, 5.41) is 8.82. The first-order valence-corrected chi connectivity index (χ1v) is 6.62. The lowest BCUT2D eigenvalue weighted by Crippen LogP contribution is -2.46. The van der Waals surface area contributed by atoms with E-state index in [0.29, 0.717) is 12.6 Å². The van der Waals surface area contributed by atoms with E-state index in [1.165, 1.54) is 32.6 Å². The van der Waals surface area contributed by atoms with Crippen LogP contribution < -0.4 is 5.73 Å². The Hall–Kier alpha value is -0.160. The van der Waals surface area contributed by atoms with Gasteiger partial charge in [0.25, 0.3) is 0 Å². The molecule has 0 aliphatic carbocycles. The van der Waals surface area contributed by atoms with Crippen LogP contribution in [0.15, 0.2) is 0 Å². The molecule has 0 amide bonds. The van der Waals surface area contributed by atoms with Gasteiger partial charge in [0.05, 0.1) is 0 Å². The van der Waals surface area contributed by atoms with Crippen LogP contribution in [0.4, 0.5) is 0 Å². The molecule has 1 atom stereocenters. The molecule has 94 valence electrons. The molecular formula is C12H25N3O. The molecule has 16 heavy (non-hydrogen) atoms.